The number of aryl methyl sites for hydroxylation is 1. The molecule has 14 heavy (non-hydrogen) atoms. The molecule has 1 rings (SSSR count). The zero-order valence-electron chi connectivity index (χ0n) is 8.71. The SMILES string of the molecule is C=CCNCCCCc1ccccc1. The topological polar surface area (TPSA) is 12.0 Å². The first-order chi connectivity index (χ1) is 6.93. The lowest BCUT2D eigenvalue weighted by Crippen LogP contribution is -2.14. The maximum absolute atomic E-state index is 3.66. The second kappa shape index (κ2) is 7.34. The molecule has 1 nitrogen and oxygen atoms in total. The van der Waals surface area contributed by atoms with Crippen LogP contribution in [-0.2, 0) is 6.42 Å². The molecular weight excluding hydrogens is 170 g/mol. The van der Waals surface area contributed by atoms with E-state index in [1.54, 1.807) is 0 Å². The fraction of sp³-hybridized carbons (Fsp3) is 0.385. The fourth-order valence-corrected chi connectivity index (χ4v) is 1.43. The predicted octanol–water partition coefficient (Wildman–Crippen LogP) is 2.78. The van der Waals surface area contributed by atoms with Gasteiger partial charge in [0.2, 0.25) is 0 Å². The molecular formula is C13H19N. The lowest BCUT2D eigenvalue weighted by atomic mass is 10.1. The van der Waals surface area contributed by atoms with E-state index in [2.05, 4.69) is 42.2 Å². The summed E-state index contributed by atoms with van der Waals surface area (Å²) >= 11 is 0. The van der Waals surface area contributed by atoms with E-state index in [1.165, 1.54) is 24.8 Å². The van der Waals surface area contributed by atoms with Crippen molar-refractivity contribution in [3.05, 3.63) is 48.6 Å². The molecule has 0 atom stereocenters. The molecule has 0 unspecified atom stereocenters. The number of hydrogen-bond donors (Lipinski definition) is 1. The molecule has 0 amide bonds. The number of nitrogens with one attached hydrogen (secondary N) is 1. The summed E-state index contributed by atoms with van der Waals surface area (Å²) in [5, 5.41) is 3.30. The lowest BCUT2D eigenvalue weighted by Gasteiger charge is -2.02. The Hall–Kier alpha value is -1.08. The number of hydrogen-bond acceptors (Lipinski definition) is 1. The predicted molar refractivity (Wildman–Crippen MR) is 62.4 cm³/mol. The third-order valence-corrected chi connectivity index (χ3v) is 2.20. The summed E-state index contributed by atoms with van der Waals surface area (Å²) in [5.74, 6) is 0. The summed E-state index contributed by atoms with van der Waals surface area (Å²) in [6.07, 6.45) is 5.59. The highest BCUT2D eigenvalue weighted by Gasteiger charge is 1.91. The first kappa shape index (κ1) is 11.0. The average Bonchev–Trinajstić information content (AvgIpc) is 2.25. The van der Waals surface area contributed by atoms with Crippen LogP contribution >= 0.6 is 0 Å². The van der Waals surface area contributed by atoms with Crippen LogP contribution in [0.15, 0.2) is 43.0 Å². The van der Waals surface area contributed by atoms with Crippen LogP contribution in [-0.4, -0.2) is 13.1 Å². The Kier molecular flexibility index (Phi) is 5.76. The van der Waals surface area contributed by atoms with Crippen molar-refractivity contribution in [2.45, 2.75) is 19.3 Å². The van der Waals surface area contributed by atoms with Crippen LogP contribution < -0.4 is 5.32 Å². The van der Waals surface area contributed by atoms with Crippen molar-refractivity contribution in [2.75, 3.05) is 13.1 Å². The average molecular weight is 189 g/mol. The molecule has 76 valence electrons. The summed E-state index contributed by atoms with van der Waals surface area (Å²) in [6, 6.07) is 10.7. The van der Waals surface area contributed by atoms with Gasteiger partial charge in [0.1, 0.15) is 0 Å². The number of unbranched alkanes of at least 4 members (excludes halogenated alkanes) is 1. The molecule has 0 saturated heterocycles. The van der Waals surface area contributed by atoms with Crippen LogP contribution in [0.5, 0.6) is 0 Å². The Balaban J connectivity index is 2.02. The highest BCUT2D eigenvalue weighted by atomic mass is 14.8. The summed E-state index contributed by atoms with van der Waals surface area (Å²) in [5.41, 5.74) is 1.44. The monoisotopic (exact) mass is 189 g/mol. The summed E-state index contributed by atoms with van der Waals surface area (Å²) < 4.78 is 0. The van der Waals surface area contributed by atoms with Crippen LogP contribution in [0.2, 0.25) is 0 Å². The van der Waals surface area contributed by atoms with E-state index in [9.17, 15) is 0 Å². The van der Waals surface area contributed by atoms with E-state index in [0.717, 1.165) is 13.1 Å². The van der Waals surface area contributed by atoms with Gasteiger partial charge < -0.3 is 5.32 Å². The quantitative estimate of drug-likeness (QED) is 0.514. The summed E-state index contributed by atoms with van der Waals surface area (Å²) in [7, 11) is 0. The largest absolute Gasteiger partial charge is 0.313 e. The van der Waals surface area contributed by atoms with Crippen LogP contribution in [0.4, 0.5) is 0 Å². The lowest BCUT2D eigenvalue weighted by molar-refractivity contribution is 0.655. The maximum atomic E-state index is 3.66. The van der Waals surface area contributed by atoms with E-state index in [4.69, 9.17) is 0 Å². The Morgan fingerprint density at radius 2 is 1.93 bits per heavy atom. The normalized spacial score (nSPS) is 10.0. The highest BCUT2D eigenvalue weighted by Crippen LogP contribution is 2.03. The third kappa shape index (κ3) is 4.83. The second-order valence-corrected chi connectivity index (χ2v) is 3.44. The Labute approximate surface area is 86.8 Å². The van der Waals surface area contributed by atoms with Gasteiger partial charge in [0.05, 0.1) is 0 Å². The standard InChI is InChI=1S/C13H19N/c1-2-11-14-12-7-6-10-13-8-4-3-5-9-13/h2-5,8-9,14H,1,6-7,10-12H2. The molecule has 0 aliphatic rings. The minimum atomic E-state index is 0.922. The Morgan fingerprint density at radius 1 is 1.14 bits per heavy atom. The minimum absolute atomic E-state index is 0.922. The molecule has 0 aliphatic carbocycles. The molecule has 0 aromatic heterocycles. The molecule has 0 saturated carbocycles. The van der Waals surface area contributed by atoms with Gasteiger partial charge in [-0.2, -0.15) is 0 Å². The van der Waals surface area contributed by atoms with Crippen LogP contribution in [0, 0.1) is 0 Å². The smallest absolute Gasteiger partial charge is 0.0132 e. The third-order valence-electron chi connectivity index (χ3n) is 2.20. The van der Waals surface area contributed by atoms with E-state index in [-0.39, 0.29) is 0 Å². The highest BCUT2D eigenvalue weighted by molar-refractivity contribution is 5.14. The molecule has 1 N–H and O–H groups in total. The molecule has 1 aromatic carbocycles. The van der Waals surface area contributed by atoms with Gasteiger partial charge in [-0.25, -0.2) is 0 Å². The van der Waals surface area contributed by atoms with Gasteiger partial charge in [0.15, 0.2) is 0 Å². The van der Waals surface area contributed by atoms with E-state index >= 15 is 0 Å². The maximum Gasteiger partial charge on any atom is 0.0132 e. The first-order valence-corrected chi connectivity index (χ1v) is 5.29. The molecule has 0 spiro atoms. The van der Waals surface area contributed by atoms with Crippen molar-refractivity contribution in [2.24, 2.45) is 0 Å². The molecule has 0 aliphatic heterocycles. The van der Waals surface area contributed by atoms with Crippen LogP contribution in [0.3, 0.4) is 0 Å². The van der Waals surface area contributed by atoms with Gasteiger partial charge in [-0.15, -0.1) is 6.58 Å². The Bertz CT molecular complexity index is 241. The number of benzene rings is 1. The van der Waals surface area contributed by atoms with Crippen LogP contribution in [0.25, 0.3) is 0 Å². The van der Waals surface area contributed by atoms with Gasteiger partial charge in [0, 0.05) is 6.54 Å². The molecule has 1 aromatic rings. The zero-order chi connectivity index (χ0) is 10.1. The van der Waals surface area contributed by atoms with Gasteiger partial charge in [-0.3, -0.25) is 0 Å². The van der Waals surface area contributed by atoms with Crippen LogP contribution in [0.1, 0.15) is 18.4 Å². The minimum Gasteiger partial charge on any atom is -0.313 e. The molecule has 0 heterocycles. The zero-order valence-corrected chi connectivity index (χ0v) is 8.71. The molecule has 0 bridgehead atoms. The van der Waals surface area contributed by atoms with Gasteiger partial charge >= 0.3 is 0 Å². The van der Waals surface area contributed by atoms with Gasteiger partial charge in [-0.1, -0.05) is 36.4 Å². The van der Waals surface area contributed by atoms with Crippen molar-refractivity contribution in [1.82, 2.24) is 5.32 Å². The van der Waals surface area contributed by atoms with Gasteiger partial charge in [0.25, 0.3) is 0 Å². The first-order valence-electron chi connectivity index (χ1n) is 5.29. The van der Waals surface area contributed by atoms with Gasteiger partial charge in [-0.05, 0) is 31.4 Å². The summed E-state index contributed by atoms with van der Waals surface area (Å²) in [4.78, 5) is 0. The van der Waals surface area contributed by atoms with Crippen molar-refractivity contribution in [3.8, 4) is 0 Å². The molecule has 0 radical (unpaired) electrons. The van der Waals surface area contributed by atoms with Crippen molar-refractivity contribution >= 4 is 0 Å². The summed E-state index contributed by atoms with van der Waals surface area (Å²) in [6.45, 7) is 5.68. The van der Waals surface area contributed by atoms with Crippen molar-refractivity contribution in [1.29, 1.82) is 0 Å². The Morgan fingerprint density at radius 3 is 2.64 bits per heavy atom. The van der Waals surface area contributed by atoms with E-state index < -0.39 is 0 Å². The van der Waals surface area contributed by atoms with E-state index in [0.29, 0.717) is 0 Å². The fourth-order valence-electron chi connectivity index (χ4n) is 1.43. The van der Waals surface area contributed by atoms with Crippen molar-refractivity contribution < 1.29 is 0 Å². The molecule has 1 heteroatoms. The second-order valence-electron chi connectivity index (χ2n) is 3.44. The van der Waals surface area contributed by atoms with Crippen molar-refractivity contribution in [3.63, 3.8) is 0 Å². The van der Waals surface area contributed by atoms with E-state index in [1.807, 2.05) is 6.08 Å². The number of rotatable bonds is 7. The molecule has 0 fully saturated rings.